The van der Waals surface area contributed by atoms with E-state index in [0.717, 1.165) is 54.9 Å². The number of aldehydes is 1. The largest absolute Gasteiger partial charge is 0.378 e. The van der Waals surface area contributed by atoms with Crippen LogP contribution in [0.15, 0.2) is 49.1 Å². The molecular formula is C22H24N8O2. The van der Waals surface area contributed by atoms with Crippen molar-refractivity contribution in [3.63, 3.8) is 0 Å². The number of hydrogen-bond acceptors (Lipinski definition) is 8. The quantitative estimate of drug-likeness (QED) is 0.423. The molecular weight excluding hydrogens is 408 g/mol. The summed E-state index contributed by atoms with van der Waals surface area (Å²) in [7, 11) is 0. The van der Waals surface area contributed by atoms with Crippen LogP contribution in [0.4, 0.5) is 17.3 Å². The van der Waals surface area contributed by atoms with Crippen molar-refractivity contribution in [3.8, 4) is 0 Å². The lowest BCUT2D eigenvalue weighted by Crippen LogP contribution is -2.36. The van der Waals surface area contributed by atoms with Gasteiger partial charge in [0.25, 0.3) is 0 Å². The second-order valence-corrected chi connectivity index (χ2v) is 7.62. The summed E-state index contributed by atoms with van der Waals surface area (Å²) >= 11 is 0. The number of rotatable bonds is 8. The van der Waals surface area contributed by atoms with Gasteiger partial charge in [-0.15, -0.1) is 0 Å². The number of morpholine rings is 1. The van der Waals surface area contributed by atoms with Gasteiger partial charge in [-0.1, -0.05) is 12.1 Å². The van der Waals surface area contributed by atoms with Gasteiger partial charge in [0.15, 0.2) is 5.65 Å². The third-order valence-electron chi connectivity index (χ3n) is 5.36. The Hall–Kier alpha value is -3.79. The number of aryl methyl sites for hydroxylation is 1. The number of benzene rings is 1. The van der Waals surface area contributed by atoms with Gasteiger partial charge >= 0.3 is 0 Å². The number of anilines is 3. The van der Waals surface area contributed by atoms with E-state index in [1.807, 2.05) is 10.9 Å². The van der Waals surface area contributed by atoms with Crippen molar-refractivity contribution in [3.05, 3.63) is 54.6 Å². The summed E-state index contributed by atoms with van der Waals surface area (Å²) in [5.41, 5.74) is 3.88. The maximum atomic E-state index is 10.5. The Morgan fingerprint density at radius 2 is 2.03 bits per heavy atom. The maximum absolute atomic E-state index is 10.5. The SMILES string of the molecule is O=CCCn1cc(Nc2ncc3cnn(Cc4cccc(N5CCOCC5)c4)c3n2)cn1. The molecule has 1 fully saturated rings. The number of carbonyl (C=O) groups excluding carboxylic acids is 1. The number of nitrogens with one attached hydrogen (secondary N) is 1. The Morgan fingerprint density at radius 1 is 1.12 bits per heavy atom. The van der Waals surface area contributed by atoms with E-state index in [1.165, 1.54) is 5.69 Å². The Kier molecular flexibility index (Phi) is 5.75. The van der Waals surface area contributed by atoms with E-state index < -0.39 is 0 Å². The monoisotopic (exact) mass is 432 g/mol. The third kappa shape index (κ3) is 4.45. The number of aromatic nitrogens is 6. The minimum atomic E-state index is 0.426. The Bertz CT molecular complexity index is 1210. The number of nitrogens with zero attached hydrogens (tertiary/aromatic N) is 7. The van der Waals surface area contributed by atoms with Gasteiger partial charge in [0.05, 0.1) is 43.2 Å². The first-order valence-electron chi connectivity index (χ1n) is 10.6. The fourth-order valence-corrected chi connectivity index (χ4v) is 3.75. The molecule has 1 N–H and O–H groups in total. The van der Waals surface area contributed by atoms with Crippen LogP contribution in [0.3, 0.4) is 0 Å². The molecule has 0 bridgehead atoms. The zero-order valence-electron chi connectivity index (χ0n) is 17.6. The minimum absolute atomic E-state index is 0.426. The average molecular weight is 432 g/mol. The molecule has 0 atom stereocenters. The second-order valence-electron chi connectivity index (χ2n) is 7.62. The van der Waals surface area contributed by atoms with Gasteiger partial charge in [-0.05, 0) is 17.7 Å². The van der Waals surface area contributed by atoms with E-state index in [1.54, 1.807) is 23.3 Å². The van der Waals surface area contributed by atoms with Crippen molar-refractivity contribution in [1.82, 2.24) is 29.5 Å². The van der Waals surface area contributed by atoms with Crippen molar-refractivity contribution in [2.24, 2.45) is 0 Å². The summed E-state index contributed by atoms with van der Waals surface area (Å²) in [5.74, 6) is 0.469. The highest BCUT2D eigenvalue weighted by molar-refractivity contribution is 5.75. The highest BCUT2D eigenvalue weighted by Gasteiger charge is 2.13. The molecule has 164 valence electrons. The smallest absolute Gasteiger partial charge is 0.229 e. The maximum Gasteiger partial charge on any atom is 0.229 e. The summed E-state index contributed by atoms with van der Waals surface area (Å²) < 4.78 is 9.05. The molecule has 3 aromatic heterocycles. The zero-order valence-corrected chi connectivity index (χ0v) is 17.6. The number of fused-ring (bicyclic) bond motifs is 1. The summed E-state index contributed by atoms with van der Waals surface area (Å²) in [6.07, 6.45) is 8.36. The third-order valence-corrected chi connectivity index (χ3v) is 5.36. The van der Waals surface area contributed by atoms with Gasteiger partial charge in [0.2, 0.25) is 5.95 Å². The van der Waals surface area contributed by atoms with Crippen LogP contribution in [0.2, 0.25) is 0 Å². The van der Waals surface area contributed by atoms with Crippen molar-refractivity contribution in [2.75, 3.05) is 36.5 Å². The second kappa shape index (κ2) is 9.15. The van der Waals surface area contributed by atoms with E-state index in [2.05, 4.69) is 54.6 Å². The standard InChI is InChI=1S/C22H24N8O2/c31-8-2-5-29-16-19(14-24-29)26-22-23-12-18-13-25-30(21(18)27-22)15-17-3-1-4-20(11-17)28-6-9-32-10-7-28/h1,3-4,8,11-14,16H,2,5-7,9-10,15H2,(H,23,26,27). The van der Waals surface area contributed by atoms with Gasteiger partial charge in [0, 0.05) is 44.1 Å². The van der Waals surface area contributed by atoms with Crippen molar-refractivity contribution < 1.29 is 9.53 Å². The van der Waals surface area contributed by atoms with E-state index in [-0.39, 0.29) is 0 Å². The van der Waals surface area contributed by atoms with Crippen molar-refractivity contribution >= 4 is 34.6 Å². The van der Waals surface area contributed by atoms with Crippen LogP contribution in [-0.4, -0.2) is 62.1 Å². The number of ether oxygens (including phenoxy) is 1. The van der Waals surface area contributed by atoms with Crippen LogP contribution in [0.25, 0.3) is 11.0 Å². The molecule has 10 nitrogen and oxygen atoms in total. The molecule has 0 amide bonds. The molecule has 4 aromatic rings. The topological polar surface area (TPSA) is 103 Å². The van der Waals surface area contributed by atoms with Gasteiger partial charge in [-0.25, -0.2) is 9.67 Å². The van der Waals surface area contributed by atoms with Crippen LogP contribution in [0.1, 0.15) is 12.0 Å². The fourth-order valence-electron chi connectivity index (χ4n) is 3.75. The van der Waals surface area contributed by atoms with Crippen LogP contribution in [-0.2, 0) is 22.6 Å². The molecule has 32 heavy (non-hydrogen) atoms. The molecule has 0 spiro atoms. The highest BCUT2D eigenvalue weighted by atomic mass is 16.5. The predicted molar refractivity (Wildman–Crippen MR) is 120 cm³/mol. The van der Waals surface area contributed by atoms with E-state index >= 15 is 0 Å². The molecule has 1 aliphatic rings. The van der Waals surface area contributed by atoms with Crippen LogP contribution in [0, 0.1) is 0 Å². The van der Waals surface area contributed by atoms with Crippen molar-refractivity contribution in [2.45, 2.75) is 19.5 Å². The molecule has 0 saturated carbocycles. The molecule has 5 rings (SSSR count). The Balaban J connectivity index is 1.34. The molecule has 0 aliphatic carbocycles. The first kappa shape index (κ1) is 20.1. The fraction of sp³-hybridized carbons (Fsp3) is 0.318. The lowest BCUT2D eigenvalue weighted by Gasteiger charge is -2.29. The molecule has 10 heteroatoms. The minimum Gasteiger partial charge on any atom is -0.378 e. The van der Waals surface area contributed by atoms with E-state index in [4.69, 9.17) is 4.74 Å². The summed E-state index contributed by atoms with van der Waals surface area (Å²) in [6.45, 7) is 4.49. The molecule has 4 heterocycles. The highest BCUT2D eigenvalue weighted by Crippen LogP contribution is 2.20. The van der Waals surface area contributed by atoms with Gasteiger partial charge in [-0.3, -0.25) is 4.68 Å². The molecule has 0 radical (unpaired) electrons. The molecule has 1 aliphatic heterocycles. The van der Waals surface area contributed by atoms with Crippen LogP contribution < -0.4 is 10.2 Å². The normalized spacial score (nSPS) is 14.1. The summed E-state index contributed by atoms with van der Waals surface area (Å²) in [5, 5.41) is 12.8. The van der Waals surface area contributed by atoms with Crippen molar-refractivity contribution in [1.29, 1.82) is 0 Å². The van der Waals surface area contributed by atoms with E-state index in [0.29, 0.717) is 25.5 Å². The zero-order chi connectivity index (χ0) is 21.8. The van der Waals surface area contributed by atoms with Gasteiger partial charge in [-0.2, -0.15) is 15.2 Å². The van der Waals surface area contributed by atoms with Crippen LogP contribution in [0.5, 0.6) is 0 Å². The molecule has 1 saturated heterocycles. The van der Waals surface area contributed by atoms with Gasteiger partial charge < -0.3 is 19.7 Å². The summed E-state index contributed by atoms with van der Waals surface area (Å²) in [4.78, 5) is 21.9. The number of carbonyl (C=O) groups is 1. The molecule has 1 aromatic carbocycles. The molecule has 0 unspecified atom stereocenters. The average Bonchev–Trinajstić information content (AvgIpc) is 3.45. The Morgan fingerprint density at radius 3 is 2.91 bits per heavy atom. The predicted octanol–water partition coefficient (Wildman–Crippen LogP) is 2.24. The summed E-state index contributed by atoms with van der Waals surface area (Å²) in [6, 6.07) is 8.52. The first-order valence-corrected chi connectivity index (χ1v) is 10.6. The lowest BCUT2D eigenvalue weighted by molar-refractivity contribution is -0.108. The lowest BCUT2D eigenvalue weighted by atomic mass is 10.2. The number of hydrogen-bond donors (Lipinski definition) is 1. The van der Waals surface area contributed by atoms with Crippen LogP contribution >= 0.6 is 0 Å². The van der Waals surface area contributed by atoms with Gasteiger partial charge in [0.1, 0.15) is 6.29 Å². The first-order chi connectivity index (χ1) is 15.8. The Labute approximate surface area is 184 Å². The van der Waals surface area contributed by atoms with E-state index in [9.17, 15) is 4.79 Å².